The summed E-state index contributed by atoms with van der Waals surface area (Å²) in [7, 11) is 0. The standard InChI is InChI=1S/C26H39N7O5S/c1-16(2)25(34)37-20-18(13-39-3)36-24(33-15-30-19-22(27)28-14-29-23(19)33)21(20)38-26(35)32-11-7-17(8-12-32)31-9-5-4-6-10-31/h14-18,20-21,24H,4-13H2,1-3H3,(H2,27,28,29)/t18-,20-,21-,24-/m1/s1. The summed E-state index contributed by atoms with van der Waals surface area (Å²) in [6, 6.07) is 0.505. The number of rotatable bonds is 7. The van der Waals surface area contributed by atoms with Crippen LogP contribution in [0.3, 0.4) is 0 Å². The van der Waals surface area contributed by atoms with Crippen LogP contribution in [0.1, 0.15) is 52.2 Å². The quantitative estimate of drug-likeness (QED) is 0.499. The maximum absolute atomic E-state index is 13.5. The molecule has 2 N–H and O–H groups in total. The Hall–Kier alpha value is -2.64. The zero-order valence-electron chi connectivity index (χ0n) is 22.9. The van der Waals surface area contributed by atoms with E-state index in [9.17, 15) is 9.59 Å². The number of nitrogens with zero attached hydrogens (tertiary/aromatic N) is 6. The van der Waals surface area contributed by atoms with E-state index < -0.39 is 30.6 Å². The number of carbonyl (C=O) groups is 2. The first-order valence-electron chi connectivity index (χ1n) is 13.8. The normalized spacial score (nSPS) is 26.8. The van der Waals surface area contributed by atoms with E-state index in [-0.39, 0.29) is 17.7 Å². The monoisotopic (exact) mass is 561 g/mol. The minimum atomic E-state index is -0.897. The van der Waals surface area contributed by atoms with E-state index in [1.807, 2.05) is 6.26 Å². The molecule has 0 saturated carbocycles. The average molecular weight is 562 g/mol. The second kappa shape index (κ2) is 12.3. The number of carbonyl (C=O) groups excluding carboxylic acids is 2. The Labute approximate surface area is 232 Å². The Morgan fingerprint density at radius 3 is 2.51 bits per heavy atom. The smallest absolute Gasteiger partial charge is 0.410 e. The first-order valence-corrected chi connectivity index (χ1v) is 15.2. The number of fused-ring (bicyclic) bond motifs is 1. The lowest BCUT2D eigenvalue weighted by Gasteiger charge is -2.40. The van der Waals surface area contributed by atoms with E-state index in [0.717, 1.165) is 25.9 Å². The fourth-order valence-corrected chi connectivity index (χ4v) is 6.31. The number of esters is 1. The molecule has 13 heteroatoms. The summed E-state index contributed by atoms with van der Waals surface area (Å²) in [5, 5.41) is 0. The van der Waals surface area contributed by atoms with Gasteiger partial charge in [0.2, 0.25) is 0 Å². The van der Waals surface area contributed by atoms with Crippen LogP contribution < -0.4 is 5.73 Å². The van der Waals surface area contributed by atoms with E-state index >= 15 is 0 Å². The Kier molecular flexibility index (Phi) is 8.77. The fraction of sp³-hybridized carbons (Fsp3) is 0.731. The third-order valence-corrected chi connectivity index (χ3v) is 8.53. The van der Waals surface area contributed by atoms with Crippen LogP contribution in [0.4, 0.5) is 10.6 Å². The number of thioether (sulfide) groups is 1. The Bertz CT molecular complexity index is 1150. The Balaban J connectivity index is 1.37. The predicted octanol–water partition coefficient (Wildman–Crippen LogP) is 2.69. The van der Waals surface area contributed by atoms with Gasteiger partial charge in [0.05, 0.1) is 12.2 Å². The third-order valence-electron chi connectivity index (χ3n) is 7.87. The van der Waals surface area contributed by atoms with Crippen LogP contribution in [0.5, 0.6) is 0 Å². The molecule has 1 amide bonds. The molecule has 12 nitrogen and oxygen atoms in total. The SMILES string of the molecule is CSC[C@H]1O[C@@H](n2cnc3c(N)ncnc32)[C@H](OC(=O)N2CCC(N3CCCCC3)CC2)[C@@H]1OC(=O)C(C)C. The minimum absolute atomic E-state index is 0.241. The highest BCUT2D eigenvalue weighted by atomic mass is 32.2. The van der Waals surface area contributed by atoms with Gasteiger partial charge in [-0.25, -0.2) is 19.7 Å². The first-order chi connectivity index (χ1) is 18.9. The van der Waals surface area contributed by atoms with Gasteiger partial charge in [0.25, 0.3) is 0 Å². The molecule has 0 radical (unpaired) electrons. The third kappa shape index (κ3) is 5.94. The second-order valence-electron chi connectivity index (χ2n) is 10.8. The molecule has 0 aliphatic carbocycles. The number of nitrogens with two attached hydrogens (primary N) is 1. The van der Waals surface area contributed by atoms with Gasteiger partial charge in [0, 0.05) is 24.9 Å². The lowest BCUT2D eigenvalue weighted by molar-refractivity contribution is -0.159. The van der Waals surface area contributed by atoms with Crippen LogP contribution in [0, 0.1) is 5.92 Å². The van der Waals surface area contributed by atoms with Crippen molar-refractivity contribution in [2.45, 2.75) is 76.5 Å². The van der Waals surface area contributed by atoms with Crippen molar-refractivity contribution < 1.29 is 23.8 Å². The molecule has 2 aromatic rings. The molecule has 3 aliphatic rings. The number of piperidine rings is 2. The zero-order chi connectivity index (χ0) is 27.5. The molecular weight excluding hydrogens is 522 g/mol. The number of ether oxygens (including phenoxy) is 3. The topological polar surface area (TPSA) is 138 Å². The lowest BCUT2D eigenvalue weighted by atomic mass is 10.0. The molecule has 3 saturated heterocycles. The Morgan fingerprint density at radius 2 is 1.82 bits per heavy atom. The van der Waals surface area contributed by atoms with Gasteiger partial charge in [-0.05, 0) is 45.0 Å². The number of hydrogen-bond donors (Lipinski definition) is 1. The van der Waals surface area contributed by atoms with Crippen LogP contribution in [0.2, 0.25) is 0 Å². The van der Waals surface area contributed by atoms with Gasteiger partial charge in [-0.2, -0.15) is 11.8 Å². The van der Waals surface area contributed by atoms with Gasteiger partial charge < -0.3 is 29.7 Å². The van der Waals surface area contributed by atoms with E-state index in [4.69, 9.17) is 19.9 Å². The van der Waals surface area contributed by atoms with Crippen molar-refractivity contribution in [1.29, 1.82) is 0 Å². The molecule has 5 heterocycles. The fourth-order valence-electron chi connectivity index (χ4n) is 5.71. The van der Waals surface area contributed by atoms with Crippen molar-refractivity contribution in [2.75, 3.05) is 43.9 Å². The maximum atomic E-state index is 13.5. The van der Waals surface area contributed by atoms with Crippen LogP contribution in [-0.4, -0.2) is 104 Å². The van der Waals surface area contributed by atoms with Crippen molar-refractivity contribution >= 4 is 40.8 Å². The number of hydrogen-bond acceptors (Lipinski definition) is 11. The molecular formula is C26H39N7O5S. The van der Waals surface area contributed by atoms with E-state index in [2.05, 4.69) is 19.9 Å². The summed E-state index contributed by atoms with van der Waals surface area (Å²) >= 11 is 1.56. The van der Waals surface area contributed by atoms with Gasteiger partial charge >= 0.3 is 12.1 Å². The summed E-state index contributed by atoms with van der Waals surface area (Å²) < 4.78 is 20.2. The van der Waals surface area contributed by atoms with Gasteiger partial charge in [0.1, 0.15) is 17.9 Å². The predicted molar refractivity (Wildman–Crippen MR) is 147 cm³/mol. The highest BCUT2D eigenvalue weighted by Crippen LogP contribution is 2.37. The molecule has 0 spiro atoms. The number of amides is 1. The van der Waals surface area contributed by atoms with E-state index in [1.54, 1.807) is 41.4 Å². The second-order valence-corrected chi connectivity index (χ2v) is 11.7. The van der Waals surface area contributed by atoms with E-state index in [1.165, 1.54) is 25.6 Å². The van der Waals surface area contributed by atoms with Crippen LogP contribution in [0.15, 0.2) is 12.7 Å². The number of nitrogen functional groups attached to an aromatic ring is 1. The number of aromatic nitrogens is 4. The molecule has 214 valence electrons. The van der Waals surface area contributed by atoms with Gasteiger partial charge in [0.15, 0.2) is 29.9 Å². The largest absolute Gasteiger partial charge is 0.455 e. The highest BCUT2D eigenvalue weighted by Gasteiger charge is 2.51. The summed E-state index contributed by atoms with van der Waals surface area (Å²) in [4.78, 5) is 43.3. The molecule has 39 heavy (non-hydrogen) atoms. The van der Waals surface area contributed by atoms with Gasteiger partial charge in [-0.1, -0.05) is 20.3 Å². The maximum Gasteiger partial charge on any atom is 0.410 e. The van der Waals surface area contributed by atoms with Crippen molar-refractivity contribution in [1.82, 2.24) is 29.3 Å². The number of likely N-dealkylation sites (tertiary alicyclic amines) is 2. The van der Waals surface area contributed by atoms with Crippen LogP contribution >= 0.6 is 11.8 Å². The summed E-state index contributed by atoms with van der Waals surface area (Å²) in [6.07, 6.45) is 7.08. The number of anilines is 1. The molecule has 4 atom stereocenters. The molecule has 2 aromatic heterocycles. The Morgan fingerprint density at radius 1 is 1.08 bits per heavy atom. The van der Waals surface area contributed by atoms with Gasteiger partial charge in [-0.3, -0.25) is 9.36 Å². The molecule has 0 bridgehead atoms. The van der Waals surface area contributed by atoms with Crippen molar-refractivity contribution in [3.05, 3.63) is 12.7 Å². The number of imidazole rings is 1. The zero-order valence-corrected chi connectivity index (χ0v) is 23.7. The molecule has 3 aliphatic heterocycles. The molecule has 3 fully saturated rings. The van der Waals surface area contributed by atoms with Crippen molar-refractivity contribution in [3.8, 4) is 0 Å². The highest BCUT2D eigenvalue weighted by molar-refractivity contribution is 7.98. The first kappa shape index (κ1) is 27.9. The summed E-state index contributed by atoms with van der Waals surface area (Å²) in [6.45, 7) is 7.08. The van der Waals surface area contributed by atoms with Crippen molar-refractivity contribution in [3.63, 3.8) is 0 Å². The summed E-state index contributed by atoms with van der Waals surface area (Å²) in [5.74, 6) is 0.0721. The van der Waals surface area contributed by atoms with Crippen molar-refractivity contribution in [2.24, 2.45) is 5.92 Å². The molecule has 0 unspecified atom stereocenters. The lowest BCUT2D eigenvalue weighted by Crippen LogP contribution is -2.50. The average Bonchev–Trinajstić information content (AvgIpc) is 3.52. The minimum Gasteiger partial charge on any atom is -0.455 e. The molecule has 5 rings (SSSR count). The van der Waals surface area contributed by atoms with Gasteiger partial charge in [-0.15, -0.1) is 0 Å². The van der Waals surface area contributed by atoms with Crippen LogP contribution in [0.25, 0.3) is 11.2 Å². The molecule has 0 aromatic carbocycles. The summed E-state index contributed by atoms with van der Waals surface area (Å²) in [5.41, 5.74) is 6.89. The van der Waals surface area contributed by atoms with Crippen LogP contribution in [-0.2, 0) is 19.0 Å². The van der Waals surface area contributed by atoms with E-state index in [0.29, 0.717) is 36.0 Å².